The Morgan fingerprint density at radius 3 is 2.05 bits per heavy atom. The molecule has 6 nitrogen and oxygen atoms in total. The summed E-state index contributed by atoms with van der Waals surface area (Å²) in [5.74, 6) is 1.04. The summed E-state index contributed by atoms with van der Waals surface area (Å²) in [6, 6.07) is 9.62. The van der Waals surface area contributed by atoms with Gasteiger partial charge in [0.25, 0.3) is 0 Å². The zero-order valence-electron chi connectivity index (χ0n) is 28.5. The number of hydrogen-bond acceptors (Lipinski definition) is 7. The van der Waals surface area contributed by atoms with Crippen molar-refractivity contribution in [3.8, 4) is 0 Å². The number of ketones is 1. The summed E-state index contributed by atoms with van der Waals surface area (Å²) in [5.41, 5.74) is 0.937. The normalized spacial score (nSPS) is 22.6. The molecule has 2 heterocycles. The Labute approximate surface area is 271 Å². The molecule has 2 aliphatic heterocycles. The van der Waals surface area contributed by atoms with E-state index in [1.165, 1.54) is 0 Å². The molecule has 2 aliphatic rings. The van der Waals surface area contributed by atoms with Gasteiger partial charge in [0.05, 0.1) is 12.0 Å². The number of thioether (sulfide) groups is 2. The van der Waals surface area contributed by atoms with E-state index in [0.29, 0.717) is 6.42 Å². The topological polar surface area (TPSA) is 72.9 Å². The molecule has 242 valence electrons. The lowest BCUT2D eigenvalue weighted by molar-refractivity contribution is -0.156. The third-order valence-electron chi connectivity index (χ3n) is 10.3. The van der Waals surface area contributed by atoms with Crippen LogP contribution < -0.4 is 0 Å². The van der Waals surface area contributed by atoms with Gasteiger partial charge in [0.2, 0.25) is 5.91 Å². The highest BCUT2D eigenvalue weighted by atomic mass is 32.2. The number of rotatable bonds is 12. The van der Waals surface area contributed by atoms with Gasteiger partial charge >= 0.3 is 5.97 Å². The van der Waals surface area contributed by atoms with Crippen molar-refractivity contribution in [2.24, 2.45) is 11.8 Å². The molecule has 4 atom stereocenters. The summed E-state index contributed by atoms with van der Waals surface area (Å²) < 4.78 is 14.1. The number of β-lactam (4-membered cyclic amide) rings is 1. The molecule has 0 spiro atoms. The fourth-order valence-electron chi connectivity index (χ4n) is 5.88. The smallest absolute Gasteiger partial charge is 0.333 e. The van der Waals surface area contributed by atoms with Crippen LogP contribution in [0.5, 0.6) is 0 Å². The van der Waals surface area contributed by atoms with Crippen molar-refractivity contribution in [3.05, 3.63) is 35.9 Å². The standard InChI is InChI=1S/C33H55NO5S2Si2/c1-23(35)20-26(33(40-18-19-41-33)30(37)38-22-25-16-14-13-15-17-25)21-27-28(24(2)39-43(11,12)32(6,7)8)29(36)34(27)42(9,10)31(3,4)5/h13-17,24,26-28H,18-22H2,1-12H3/t24-,26?,27-,28-/m1/s1. The molecular formula is C33H55NO5S2Si2. The van der Waals surface area contributed by atoms with Gasteiger partial charge in [0.1, 0.15) is 12.4 Å². The first kappa shape index (κ1) is 36.4. The zero-order valence-corrected chi connectivity index (χ0v) is 32.2. The van der Waals surface area contributed by atoms with Crippen LogP contribution in [0.1, 0.15) is 73.8 Å². The quantitative estimate of drug-likeness (QED) is 0.127. The van der Waals surface area contributed by atoms with Gasteiger partial charge < -0.3 is 18.5 Å². The molecule has 1 unspecified atom stereocenters. The van der Waals surface area contributed by atoms with E-state index in [1.54, 1.807) is 30.4 Å². The van der Waals surface area contributed by atoms with Crippen molar-refractivity contribution in [1.82, 2.24) is 4.57 Å². The van der Waals surface area contributed by atoms with Gasteiger partial charge in [-0.2, -0.15) is 0 Å². The van der Waals surface area contributed by atoms with E-state index in [4.69, 9.17) is 9.16 Å². The number of benzene rings is 1. The third-order valence-corrected chi connectivity index (χ3v) is 24.0. The average molecular weight is 666 g/mol. The molecular weight excluding hydrogens is 611 g/mol. The van der Waals surface area contributed by atoms with Crippen molar-refractivity contribution in [2.45, 2.75) is 127 Å². The number of carbonyl (C=O) groups excluding carboxylic acids is 3. The Kier molecular flexibility index (Phi) is 11.3. The summed E-state index contributed by atoms with van der Waals surface area (Å²) in [6.45, 7) is 26.2. The van der Waals surface area contributed by atoms with Crippen LogP contribution in [0.25, 0.3) is 0 Å². The lowest BCUT2D eigenvalue weighted by Gasteiger charge is -2.61. The van der Waals surface area contributed by atoms with Gasteiger partial charge in [-0.1, -0.05) is 85.0 Å². The molecule has 0 saturated carbocycles. The largest absolute Gasteiger partial charge is 0.459 e. The van der Waals surface area contributed by atoms with Crippen LogP contribution in [0.3, 0.4) is 0 Å². The van der Waals surface area contributed by atoms with E-state index in [9.17, 15) is 14.4 Å². The number of esters is 1. The highest BCUT2D eigenvalue weighted by molar-refractivity contribution is 8.22. The lowest BCUT2D eigenvalue weighted by atomic mass is 9.78. The maximum atomic E-state index is 14.2. The fourth-order valence-corrected chi connectivity index (χ4v) is 13.1. The molecule has 2 fully saturated rings. The van der Waals surface area contributed by atoms with Crippen LogP contribution in [0.4, 0.5) is 0 Å². The second kappa shape index (κ2) is 13.3. The van der Waals surface area contributed by atoms with Gasteiger partial charge in [0.15, 0.2) is 20.6 Å². The SMILES string of the molecule is CC(=O)CC(C[C@@H]1[C@@H]([C@@H](C)O[Si](C)(C)C(C)(C)C)C(=O)N1[Si](C)(C)C(C)(C)C)C1(C(=O)OCc2ccccc2)SCCS1. The van der Waals surface area contributed by atoms with Gasteiger partial charge in [-0.3, -0.25) is 4.79 Å². The highest BCUT2D eigenvalue weighted by Gasteiger charge is 2.62. The van der Waals surface area contributed by atoms with Crippen molar-refractivity contribution in [2.75, 3.05) is 11.5 Å². The summed E-state index contributed by atoms with van der Waals surface area (Å²) in [7, 11) is -4.40. The average Bonchev–Trinajstić information content (AvgIpc) is 3.36. The number of Topliss-reactive ketones (excluding diaryl/α,β-unsaturated/α-hetero) is 1. The van der Waals surface area contributed by atoms with Crippen LogP contribution in [0.2, 0.25) is 36.3 Å². The first-order chi connectivity index (χ1) is 19.7. The monoisotopic (exact) mass is 665 g/mol. The van der Waals surface area contributed by atoms with Crippen molar-refractivity contribution in [3.63, 3.8) is 0 Å². The molecule has 1 aromatic rings. The first-order valence-corrected chi connectivity index (χ1v) is 23.5. The molecule has 0 radical (unpaired) electrons. The van der Waals surface area contributed by atoms with Gasteiger partial charge in [0, 0.05) is 29.9 Å². The lowest BCUT2D eigenvalue weighted by Crippen LogP contribution is -2.75. The molecule has 0 N–H and O–H groups in total. The number of carbonyl (C=O) groups is 3. The summed E-state index contributed by atoms with van der Waals surface area (Å²) in [4.78, 5) is 41.0. The van der Waals surface area contributed by atoms with Crippen LogP contribution in [-0.2, 0) is 30.2 Å². The molecule has 10 heteroatoms. The highest BCUT2D eigenvalue weighted by Crippen LogP contribution is 2.56. The van der Waals surface area contributed by atoms with Crippen LogP contribution in [-0.4, -0.2) is 66.5 Å². The second-order valence-corrected chi connectivity index (χ2v) is 28.3. The second-order valence-electron chi connectivity index (χ2n) is 15.5. The van der Waals surface area contributed by atoms with Gasteiger partial charge in [-0.25, -0.2) is 4.79 Å². The molecule has 1 amide bonds. The molecule has 0 aliphatic carbocycles. The maximum Gasteiger partial charge on any atom is 0.333 e. The molecule has 0 bridgehead atoms. The zero-order chi connectivity index (χ0) is 32.6. The van der Waals surface area contributed by atoms with E-state index in [0.717, 1.165) is 17.1 Å². The Bertz CT molecular complexity index is 1160. The van der Waals surface area contributed by atoms with Crippen LogP contribution in [0, 0.1) is 11.8 Å². The number of hydrogen-bond donors (Lipinski definition) is 0. The van der Waals surface area contributed by atoms with Gasteiger partial charge in [-0.15, -0.1) is 23.5 Å². The number of ether oxygens (including phenoxy) is 1. The van der Waals surface area contributed by atoms with E-state index in [1.807, 2.05) is 30.3 Å². The van der Waals surface area contributed by atoms with E-state index in [-0.39, 0.29) is 64.7 Å². The van der Waals surface area contributed by atoms with Crippen molar-refractivity contribution >= 4 is 57.7 Å². The summed E-state index contributed by atoms with van der Waals surface area (Å²) >= 11 is 3.24. The molecule has 43 heavy (non-hydrogen) atoms. The Hall–Kier alpha value is -1.08. The minimum atomic E-state index is -2.26. The first-order valence-electron chi connectivity index (χ1n) is 15.6. The van der Waals surface area contributed by atoms with Crippen LogP contribution in [0.15, 0.2) is 30.3 Å². The molecule has 1 aromatic carbocycles. The Morgan fingerprint density at radius 1 is 1.00 bits per heavy atom. The number of nitrogens with zero attached hydrogens (tertiary/aromatic N) is 1. The Balaban J connectivity index is 2.00. The molecule has 3 rings (SSSR count). The minimum Gasteiger partial charge on any atom is -0.459 e. The molecule has 0 aromatic heterocycles. The molecule has 2 saturated heterocycles. The van der Waals surface area contributed by atoms with Crippen LogP contribution >= 0.6 is 23.5 Å². The van der Waals surface area contributed by atoms with E-state index >= 15 is 0 Å². The predicted molar refractivity (Wildman–Crippen MR) is 186 cm³/mol. The van der Waals surface area contributed by atoms with E-state index < -0.39 is 20.6 Å². The summed E-state index contributed by atoms with van der Waals surface area (Å²) in [6.07, 6.45) is 0.608. The number of amides is 1. The van der Waals surface area contributed by atoms with Crippen molar-refractivity contribution in [1.29, 1.82) is 0 Å². The third kappa shape index (κ3) is 7.67. The Morgan fingerprint density at radius 2 is 1.56 bits per heavy atom. The maximum absolute atomic E-state index is 14.2. The predicted octanol–water partition coefficient (Wildman–Crippen LogP) is 8.13. The van der Waals surface area contributed by atoms with Crippen molar-refractivity contribution < 1.29 is 23.5 Å². The minimum absolute atomic E-state index is 0.0174. The van der Waals surface area contributed by atoms with E-state index in [2.05, 4.69) is 79.2 Å². The van der Waals surface area contributed by atoms with Gasteiger partial charge in [-0.05, 0) is 49.0 Å². The fraction of sp³-hybridized carbons (Fsp3) is 0.727. The summed E-state index contributed by atoms with van der Waals surface area (Å²) in [5, 5.41) is -0.0296.